The van der Waals surface area contributed by atoms with Gasteiger partial charge in [0.1, 0.15) is 24.1 Å². The Morgan fingerprint density at radius 1 is 1.25 bits per heavy atom. The van der Waals surface area contributed by atoms with Crippen LogP contribution in [0.25, 0.3) is 0 Å². The molecular weight excluding hydrogens is 364 g/mol. The van der Waals surface area contributed by atoms with Crippen LogP contribution in [0.1, 0.15) is 39.2 Å². The summed E-state index contributed by atoms with van der Waals surface area (Å²) in [4.78, 5) is 23.2. The van der Waals surface area contributed by atoms with Crippen molar-refractivity contribution in [2.75, 3.05) is 27.4 Å². The maximum absolute atomic E-state index is 12.0. The molecule has 0 radical (unpaired) electrons. The number of hydrogen-bond acceptors (Lipinski definition) is 7. The first-order valence-corrected chi connectivity index (χ1v) is 9.22. The quantitative estimate of drug-likeness (QED) is 0.433. The highest BCUT2D eigenvalue weighted by molar-refractivity contribution is 5.76. The van der Waals surface area contributed by atoms with Gasteiger partial charge < -0.3 is 30.0 Å². The molecule has 0 spiro atoms. The third-order valence-electron chi connectivity index (χ3n) is 3.72. The average molecular weight is 396 g/mol. The monoisotopic (exact) mass is 396 g/mol. The lowest BCUT2D eigenvalue weighted by atomic mass is 10.2. The molecule has 3 N–H and O–H groups in total. The highest BCUT2D eigenvalue weighted by Gasteiger charge is 2.20. The molecule has 1 amide bonds. The van der Waals surface area contributed by atoms with Crippen LogP contribution >= 0.6 is 0 Å². The number of esters is 1. The van der Waals surface area contributed by atoms with Gasteiger partial charge in [-0.1, -0.05) is 0 Å². The minimum Gasteiger partial charge on any atom is -0.496 e. The first-order chi connectivity index (χ1) is 13.2. The molecule has 0 aliphatic rings. The van der Waals surface area contributed by atoms with Crippen LogP contribution in [0.5, 0.6) is 11.5 Å². The van der Waals surface area contributed by atoms with Crippen LogP contribution in [0, 0.1) is 0 Å². The number of ether oxygens (including phenoxy) is 4. The molecule has 0 bridgehead atoms. The van der Waals surface area contributed by atoms with Crippen LogP contribution in [-0.2, 0) is 25.7 Å². The zero-order valence-electron chi connectivity index (χ0n) is 17.4. The highest BCUT2D eigenvalue weighted by Crippen LogP contribution is 2.25. The van der Waals surface area contributed by atoms with Crippen molar-refractivity contribution >= 4 is 11.9 Å². The Kier molecular flexibility index (Phi) is 9.75. The van der Waals surface area contributed by atoms with Crippen molar-refractivity contribution < 1.29 is 28.5 Å². The molecule has 0 saturated heterocycles. The molecule has 0 fully saturated rings. The van der Waals surface area contributed by atoms with Gasteiger partial charge in [0.2, 0.25) is 5.91 Å². The van der Waals surface area contributed by atoms with E-state index in [-0.39, 0.29) is 24.7 Å². The number of hydrogen-bond donors (Lipinski definition) is 2. The predicted molar refractivity (Wildman–Crippen MR) is 105 cm³/mol. The molecule has 0 saturated carbocycles. The molecule has 1 atom stereocenters. The fourth-order valence-electron chi connectivity index (χ4n) is 2.15. The number of carbonyl (C=O) groups excluding carboxylic acids is 2. The third-order valence-corrected chi connectivity index (χ3v) is 3.72. The zero-order chi connectivity index (χ0) is 21.2. The number of methoxy groups -OCH3 is 1. The second-order valence-electron chi connectivity index (χ2n) is 7.24. The Bertz CT molecular complexity index is 642. The Balaban J connectivity index is 2.52. The van der Waals surface area contributed by atoms with Gasteiger partial charge >= 0.3 is 5.97 Å². The molecule has 0 aliphatic carbocycles. The van der Waals surface area contributed by atoms with Crippen molar-refractivity contribution in [2.24, 2.45) is 5.73 Å². The van der Waals surface area contributed by atoms with Crippen LogP contribution in [0.2, 0.25) is 0 Å². The van der Waals surface area contributed by atoms with E-state index in [2.05, 4.69) is 5.32 Å². The highest BCUT2D eigenvalue weighted by atomic mass is 16.5. The van der Waals surface area contributed by atoms with Crippen LogP contribution in [0.3, 0.4) is 0 Å². The predicted octanol–water partition coefficient (Wildman–Crippen LogP) is 1.79. The first kappa shape index (κ1) is 23.7. The SMILES string of the molecule is CNC(=O)CCCOc1ccc(COC(=O)[C@@H](N)COC(C)(C)C)c(OC)c1. The Labute approximate surface area is 166 Å². The fraction of sp³-hybridized carbons (Fsp3) is 0.600. The zero-order valence-corrected chi connectivity index (χ0v) is 17.4. The maximum atomic E-state index is 12.0. The third kappa shape index (κ3) is 9.05. The lowest BCUT2D eigenvalue weighted by Gasteiger charge is -2.21. The largest absolute Gasteiger partial charge is 0.496 e. The molecule has 158 valence electrons. The van der Waals surface area contributed by atoms with E-state index in [1.165, 1.54) is 7.11 Å². The lowest BCUT2D eigenvalue weighted by Crippen LogP contribution is -2.39. The Hall–Kier alpha value is -2.32. The summed E-state index contributed by atoms with van der Waals surface area (Å²) in [5.74, 6) is 0.584. The molecule has 1 aromatic rings. The van der Waals surface area contributed by atoms with Gasteiger partial charge in [-0.15, -0.1) is 0 Å². The minimum absolute atomic E-state index is 0.0237. The van der Waals surface area contributed by atoms with Gasteiger partial charge in [-0.3, -0.25) is 9.59 Å². The van der Waals surface area contributed by atoms with Crippen molar-refractivity contribution in [2.45, 2.75) is 51.9 Å². The molecule has 1 aromatic carbocycles. The molecule has 0 aliphatic heterocycles. The summed E-state index contributed by atoms with van der Waals surface area (Å²) in [6.45, 7) is 6.19. The van der Waals surface area contributed by atoms with E-state index in [1.54, 1.807) is 25.2 Å². The van der Waals surface area contributed by atoms with Crippen molar-refractivity contribution in [1.82, 2.24) is 5.32 Å². The summed E-state index contributed by atoms with van der Waals surface area (Å²) in [6.07, 6.45) is 1.01. The summed E-state index contributed by atoms with van der Waals surface area (Å²) in [5, 5.41) is 2.56. The number of nitrogens with one attached hydrogen (secondary N) is 1. The van der Waals surface area contributed by atoms with Gasteiger partial charge in [0.25, 0.3) is 0 Å². The fourth-order valence-corrected chi connectivity index (χ4v) is 2.15. The average Bonchev–Trinajstić information content (AvgIpc) is 2.66. The van der Waals surface area contributed by atoms with Gasteiger partial charge in [0.05, 0.1) is 25.9 Å². The van der Waals surface area contributed by atoms with Crippen molar-refractivity contribution in [3.8, 4) is 11.5 Å². The number of rotatable bonds is 11. The van der Waals surface area contributed by atoms with Crippen LogP contribution in [0.15, 0.2) is 18.2 Å². The van der Waals surface area contributed by atoms with E-state index in [9.17, 15) is 9.59 Å². The van der Waals surface area contributed by atoms with E-state index >= 15 is 0 Å². The van der Waals surface area contributed by atoms with E-state index in [4.69, 9.17) is 24.7 Å². The van der Waals surface area contributed by atoms with Crippen molar-refractivity contribution in [3.05, 3.63) is 23.8 Å². The number of benzene rings is 1. The molecular formula is C20H32N2O6. The molecule has 1 rings (SSSR count). The van der Waals surface area contributed by atoms with Gasteiger partial charge in [-0.05, 0) is 39.3 Å². The van der Waals surface area contributed by atoms with Crippen LogP contribution in [0.4, 0.5) is 0 Å². The van der Waals surface area contributed by atoms with Crippen molar-refractivity contribution in [1.29, 1.82) is 0 Å². The van der Waals surface area contributed by atoms with E-state index in [1.807, 2.05) is 20.8 Å². The normalized spacial score (nSPS) is 12.2. The second-order valence-corrected chi connectivity index (χ2v) is 7.24. The molecule has 8 heteroatoms. The summed E-state index contributed by atoms with van der Waals surface area (Å²) < 4.78 is 21.7. The number of nitrogens with two attached hydrogens (primary N) is 1. The lowest BCUT2D eigenvalue weighted by molar-refractivity contribution is -0.149. The van der Waals surface area contributed by atoms with Crippen molar-refractivity contribution in [3.63, 3.8) is 0 Å². The second kappa shape index (κ2) is 11.5. The topological polar surface area (TPSA) is 109 Å². The molecule has 8 nitrogen and oxygen atoms in total. The smallest absolute Gasteiger partial charge is 0.325 e. The molecule has 0 unspecified atom stereocenters. The van der Waals surface area contributed by atoms with E-state index < -0.39 is 12.0 Å². The summed E-state index contributed by atoms with van der Waals surface area (Å²) in [6, 6.07) is 4.38. The van der Waals surface area contributed by atoms with Crippen LogP contribution in [-0.4, -0.2) is 50.9 Å². The van der Waals surface area contributed by atoms with Gasteiger partial charge in [0, 0.05) is 25.1 Å². The van der Waals surface area contributed by atoms with Gasteiger partial charge in [-0.2, -0.15) is 0 Å². The van der Waals surface area contributed by atoms with Gasteiger partial charge in [0.15, 0.2) is 0 Å². The van der Waals surface area contributed by atoms with E-state index in [0.29, 0.717) is 36.5 Å². The Morgan fingerprint density at radius 3 is 2.57 bits per heavy atom. The van der Waals surface area contributed by atoms with Crippen LogP contribution < -0.4 is 20.5 Å². The van der Waals surface area contributed by atoms with E-state index in [0.717, 1.165) is 0 Å². The summed E-state index contributed by atoms with van der Waals surface area (Å²) in [5.41, 5.74) is 6.12. The number of carbonyl (C=O) groups is 2. The first-order valence-electron chi connectivity index (χ1n) is 9.22. The molecule has 0 heterocycles. The molecule has 0 aromatic heterocycles. The standard InChI is InChI=1S/C20H32N2O6/c1-20(2,3)28-13-16(21)19(24)27-12-14-8-9-15(11-17(14)25-5)26-10-6-7-18(23)22-4/h8-9,11,16H,6-7,10,12-13,21H2,1-5H3,(H,22,23)/t16-/m0/s1. The number of amides is 1. The Morgan fingerprint density at radius 2 is 1.96 bits per heavy atom. The van der Waals surface area contributed by atoms with Gasteiger partial charge in [-0.25, -0.2) is 0 Å². The summed E-state index contributed by atoms with van der Waals surface area (Å²) in [7, 11) is 3.13. The summed E-state index contributed by atoms with van der Waals surface area (Å²) >= 11 is 0. The maximum Gasteiger partial charge on any atom is 0.325 e. The minimum atomic E-state index is -0.854. The molecule has 28 heavy (non-hydrogen) atoms.